The van der Waals surface area contributed by atoms with Crippen LogP contribution in [0.3, 0.4) is 0 Å². The molecule has 1 aliphatic carbocycles. The first-order valence-electron chi connectivity index (χ1n) is 13.7. The lowest BCUT2D eigenvalue weighted by atomic mass is 9.86. The van der Waals surface area contributed by atoms with E-state index in [1.807, 2.05) is 54.9 Å². The van der Waals surface area contributed by atoms with Gasteiger partial charge in [-0.25, -0.2) is 9.18 Å². The van der Waals surface area contributed by atoms with Crippen LogP contribution in [0.4, 0.5) is 14.9 Å². The molecule has 5 rings (SSSR count). The maximum atomic E-state index is 13.1. The summed E-state index contributed by atoms with van der Waals surface area (Å²) in [5, 5.41) is 5.68. The zero-order chi connectivity index (χ0) is 27.7. The molecule has 1 atom stereocenters. The Morgan fingerprint density at radius 1 is 0.900 bits per heavy atom. The van der Waals surface area contributed by atoms with Gasteiger partial charge in [0.15, 0.2) is 11.5 Å². The third kappa shape index (κ3) is 7.17. The fraction of sp³-hybridized carbons (Fsp3) is 0.273. The first-order chi connectivity index (χ1) is 19.6. The van der Waals surface area contributed by atoms with Gasteiger partial charge in [0.1, 0.15) is 5.82 Å². The molecule has 3 aromatic carbocycles. The fourth-order valence-electron chi connectivity index (χ4n) is 5.13. The van der Waals surface area contributed by atoms with Crippen molar-refractivity contribution in [1.29, 1.82) is 0 Å². The molecule has 6 nitrogen and oxygen atoms in total. The Morgan fingerprint density at radius 2 is 1.60 bits per heavy atom. The normalized spacial score (nSPS) is 13.9. The van der Waals surface area contributed by atoms with Gasteiger partial charge in [-0.1, -0.05) is 30.3 Å². The van der Waals surface area contributed by atoms with Crippen molar-refractivity contribution < 1.29 is 18.7 Å². The standard InChI is InChI=1S/C33H34FN3O3/c1-39-31-15-10-26(21-32(31)40-29-4-2-3-5-29)30(20-23-16-18-35-19-17-23)25-8-13-28(14-9-25)37-33(38)36-22-24-6-11-27(34)12-7-24/h6-19,21,29-30H,2-5,20,22H2,1H3,(H2,36,37,38)/t30-/m1/s1. The number of halogens is 1. The predicted molar refractivity (Wildman–Crippen MR) is 154 cm³/mol. The molecule has 206 valence electrons. The fourth-order valence-corrected chi connectivity index (χ4v) is 5.13. The monoisotopic (exact) mass is 539 g/mol. The van der Waals surface area contributed by atoms with Gasteiger partial charge in [-0.15, -0.1) is 0 Å². The number of amides is 2. The van der Waals surface area contributed by atoms with Crippen molar-refractivity contribution in [2.75, 3.05) is 12.4 Å². The highest BCUT2D eigenvalue weighted by atomic mass is 19.1. The summed E-state index contributed by atoms with van der Waals surface area (Å²) < 4.78 is 25.1. The quantitative estimate of drug-likeness (QED) is 0.223. The summed E-state index contributed by atoms with van der Waals surface area (Å²) in [5.41, 5.74) is 4.93. The molecule has 0 bridgehead atoms. The van der Waals surface area contributed by atoms with E-state index in [2.05, 4.69) is 27.8 Å². The highest BCUT2D eigenvalue weighted by Crippen LogP contribution is 2.37. The third-order valence-electron chi connectivity index (χ3n) is 7.31. The average Bonchev–Trinajstić information content (AvgIpc) is 3.50. The van der Waals surface area contributed by atoms with Crippen LogP contribution in [0.2, 0.25) is 0 Å². The van der Waals surface area contributed by atoms with Crippen molar-refractivity contribution >= 4 is 11.7 Å². The number of hydrogen-bond acceptors (Lipinski definition) is 4. The van der Waals surface area contributed by atoms with Crippen LogP contribution in [0.25, 0.3) is 0 Å². The molecule has 0 saturated heterocycles. The van der Waals surface area contributed by atoms with Crippen LogP contribution < -0.4 is 20.1 Å². The summed E-state index contributed by atoms with van der Waals surface area (Å²) in [6.45, 7) is 0.306. The van der Waals surface area contributed by atoms with Crippen LogP contribution >= 0.6 is 0 Å². The molecule has 0 radical (unpaired) electrons. The second-order valence-electron chi connectivity index (χ2n) is 10.1. The molecular weight excluding hydrogens is 505 g/mol. The molecule has 0 unspecified atom stereocenters. The van der Waals surface area contributed by atoms with E-state index in [-0.39, 0.29) is 23.9 Å². The van der Waals surface area contributed by atoms with E-state index in [0.29, 0.717) is 12.2 Å². The Labute approximate surface area is 234 Å². The number of nitrogens with one attached hydrogen (secondary N) is 2. The second-order valence-corrected chi connectivity index (χ2v) is 10.1. The lowest BCUT2D eigenvalue weighted by Gasteiger charge is -2.22. The smallest absolute Gasteiger partial charge is 0.319 e. The van der Waals surface area contributed by atoms with Crippen LogP contribution in [-0.2, 0) is 13.0 Å². The number of benzene rings is 3. The van der Waals surface area contributed by atoms with Gasteiger partial charge < -0.3 is 20.1 Å². The number of rotatable bonds is 10. The van der Waals surface area contributed by atoms with E-state index >= 15 is 0 Å². The summed E-state index contributed by atoms with van der Waals surface area (Å²) >= 11 is 0. The van der Waals surface area contributed by atoms with Gasteiger partial charge in [0.2, 0.25) is 0 Å². The number of aromatic nitrogens is 1. The van der Waals surface area contributed by atoms with Crippen LogP contribution in [0.1, 0.15) is 53.9 Å². The SMILES string of the molecule is COc1ccc([C@H](Cc2ccncc2)c2ccc(NC(=O)NCc3ccc(F)cc3)cc2)cc1OC1CCCC1. The van der Waals surface area contributed by atoms with Crippen molar-refractivity contribution in [1.82, 2.24) is 10.3 Å². The number of anilines is 1. The largest absolute Gasteiger partial charge is 0.493 e. The maximum absolute atomic E-state index is 13.1. The average molecular weight is 540 g/mol. The third-order valence-corrected chi connectivity index (χ3v) is 7.31. The van der Waals surface area contributed by atoms with Crippen molar-refractivity contribution in [2.24, 2.45) is 0 Å². The first-order valence-corrected chi connectivity index (χ1v) is 13.7. The van der Waals surface area contributed by atoms with Gasteiger partial charge in [0, 0.05) is 30.5 Å². The Kier molecular flexibility index (Phi) is 8.91. The van der Waals surface area contributed by atoms with Gasteiger partial charge in [-0.3, -0.25) is 4.98 Å². The van der Waals surface area contributed by atoms with Crippen LogP contribution in [0.5, 0.6) is 11.5 Å². The molecule has 7 heteroatoms. The number of urea groups is 1. The summed E-state index contributed by atoms with van der Waals surface area (Å²) in [5.74, 6) is 1.27. The zero-order valence-electron chi connectivity index (χ0n) is 22.6. The Bertz CT molecular complexity index is 1390. The van der Waals surface area contributed by atoms with E-state index < -0.39 is 0 Å². The van der Waals surface area contributed by atoms with Crippen molar-refractivity contribution in [3.8, 4) is 11.5 Å². The van der Waals surface area contributed by atoms with E-state index in [4.69, 9.17) is 9.47 Å². The molecule has 1 aliphatic rings. The van der Waals surface area contributed by atoms with Gasteiger partial charge in [0.25, 0.3) is 0 Å². The first kappa shape index (κ1) is 27.2. The lowest BCUT2D eigenvalue weighted by Crippen LogP contribution is -2.28. The van der Waals surface area contributed by atoms with E-state index in [1.165, 1.54) is 30.5 Å². The number of carbonyl (C=O) groups excluding carboxylic acids is 1. The van der Waals surface area contributed by atoms with Gasteiger partial charge in [0.05, 0.1) is 13.2 Å². The molecule has 2 N–H and O–H groups in total. The Morgan fingerprint density at radius 3 is 2.30 bits per heavy atom. The highest BCUT2D eigenvalue weighted by molar-refractivity contribution is 5.89. The Hall–Kier alpha value is -4.39. The topological polar surface area (TPSA) is 72.5 Å². The molecule has 0 spiro atoms. The number of nitrogens with zero attached hydrogens (tertiary/aromatic N) is 1. The minimum atomic E-state index is -0.325. The number of hydrogen-bond donors (Lipinski definition) is 2. The van der Waals surface area contributed by atoms with Gasteiger partial charge in [-0.2, -0.15) is 0 Å². The van der Waals surface area contributed by atoms with Crippen molar-refractivity contribution in [3.63, 3.8) is 0 Å². The Balaban J connectivity index is 1.33. The van der Waals surface area contributed by atoms with Gasteiger partial charge in [-0.05, 0) is 103 Å². The minimum Gasteiger partial charge on any atom is -0.493 e. The zero-order valence-corrected chi connectivity index (χ0v) is 22.6. The second kappa shape index (κ2) is 13.1. The number of ether oxygens (including phenoxy) is 2. The maximum Gasteiger partial charge on any atom is 0.319 e. The summed E-state index contributed by atoms with van der Waals surface area (Å²) in [4.78, 5) is 16.6. The number of methoxy groups -OCH3 is 1. The molecule has 1 heterocycles. The van der Waals surface area contributed by atoms with E-state index in [9.17, 15) is 9.18 Å². The van der Waals surface area contributed by atoms with E-state index in [1.54, 1.807) is 19.2 Å². The molecule has 4 aromatic rings. The van der Waals surface area contributed by atoms with Crippen LogP contribution in [0.15, 0.2) is 91.3 Å². The molecule has 1 aromatic heterocycles. The van der Waals surface area contributed by atoms with Crippen molar-refractivity contribution in [3.05, 3.63) is 119 Å². The summed E-state index contributed by atoms with van der Waals surface area (Å²) in [6.07, 6.45) is 9.16. The summed E-state index contributed by atoms with van der Waals surface area (Å²) in [6, 6.07) is 23.9. The number of pyridine rings is 1. The molecule has 1 fully saturated rings. The molecule has 40 heavy (non-hydrogen) atoms. The lowest BCUT2D eigenvalue weighted by molar-refractivity contribution is 0.200. The number of carbonyl (C=O) groups is 1. The molecular formula is C33H34FN3O3. The van der Waals surface area contributed by atoms with Crippen LogP contribution in [-0.4, -0.2) is 24.2 Å². The van der Waals surface area contributed by atoms with Crippen molar-refractivity contribution in [2.45, 2.75) is 50.7 Å². The minimum absolute atomic E-state index is 0.0561. The van der Waals surface area contributed by atoms with E-state index in [0.717, 1.165) is 47.5 Å². The molecule has 0 aliphatic heterocycles. The molecule has 1 saturated carbocycles. The van der Waals surface area contributed by atoms with Gasteiger partial charge >= 0.3 is 6.03 Å². The van der Waals surface area contributed by atoms with Crippen LogP contribution in [0, 0.1) is 5.82 Å². The highest BCUT2D eigenvalue weighted by Gasteiger charge is 2.21. The predicted octanol–water partition coefficient (Wildman–Crippen LogP) is 7.25. The molecule has 2 amide bonds. The summed E-state index contributed by atoms with van der Waals surface area (Å²) in [7, 11) is 1.67.